The lowest BCUT2D eigenvalue weighted by atomic mass is 9.90. The van der Waals surface area contributed by atoms with E-state index in [0.29, 0.717) is 5.41 Å². The highest BCUT2D eigenvalue weighted by Crippen LogP contribution is 2.34. The van der Waals surface area contributed by atoms with Gasteiger partial charge in [0.05, 0.1) is 0 Å². The first-order valence-corrected chi connectivity index (χ1v) is 3.82. The molecule has 0 spiro atoms. The maximum Gasteiger partial charge on any atom is 0.0185 e. The van der Waals surface area contributed by atoms with Crippen molar-refractivity contribution in [1.29, 1.82) is 0 Å². The molecule has 0 aliphatic heterocycles. The van der Waals surface area contributed by atoms with Gasteiger partial charge in [0.2, 0.25) is 0 Å². The molecule has 0 fully saturated rings. The van der Waals surface area contributed by atoms with Gasteiger partial charge in [0.1, 0.15) is 0 Å². The highest BCUT2D eigenvalue weighted by Gasteiger charge is 2.28. The van der Waals surface area contributed by atoms with Crippen LogP contribution < -0.4 is 0 Å². The van der Waals surface area contributed by atoms with Crippen molar-refractivity contribution in [2.24, 2.45) is 5.41 Å². The molecule has 0 unspecified atom stereocenters. The summed E-state index contributed by atoms with van der Waals surface area (Å²) in [5, 5.41) is 0. The Morgan fingerprint density at radius 2 is 2.20 bits per heavy atom. The maximum atomic E-state index is 3.27. The molecule has 1 aromatic rings. The van der Waals surface area contributed by atoms with E-state index in [1.54, 1.807) is 0 Å². The van der Waals surface area contributed by atoms with E-state index in [9.17, 15) is 0 Å². The standard InChI is InChI=1S/C9H13N/c1-9(2)5-7-3-4-10-8(7)6-9/h3-4,10H,5-6H2,1-2H3. The van der Waals surface area contributed by atoms with Crippen molar-refractivity contribution < 1.29 is 0 Å². The zero-order valence-electron chi connectivity index (χ0n) is 6.57. The quantitative estimate of drug-likeness (QED) is 0.561. The summed E-state index contributed by atoms with van der Waals surface area (Å²) in [5.74, 6) is 0. The molecule has 1 heterocycles. The second-order valence-electron chi connectivity index (χ2n) is 4.00. The van der Waals surface area contributed by atoms with Gasteiger partial charge in [-0.05, 0) is 29.9 Å². The average Bonchev–Trinajstić information content (AvgIpc) is 2.20. The first-order valence-electron chi connectivity index (χ1n) is 3.82. The van der Waals surface area contributed by atoms with Crippen LogP contribution in [-0.4, -0.2) is 4.98 Å². The number of nitrogens with one attached hydrogen (secondary N) is 1. The van der Waals surface area contributed by atoms with Gasteiger partial charge in [-0.25, -0.2) is 0 Å². The Morgan fingerprint density at radius 3 is 2.90 bits per heavy atom. The maximum absolute atomic E-state index is 3.27. The molecule has 1 heteroatoms. The monoisotopic (exact) mass is 135 g/mol. The molecule has 0 radical (unpaired) electrons. The normalized spacial score (nSPS) is 21.0. The number of H-pyrrole nitrogens is 1. The van der Waals surface area contributed by atoms with Crippen LogP contribution in [0.2, 0.25) is 0 Å². The van der Waals surface area contributed by atoms with E-state index in [0.717, 1.165) is 0 Å². The van der Waals surface area contributed by atoms with Gasteiger partial charge in [-0.3, -0.25) is 0 Å². The number of aromatic amines is 1. The fourth-order valence-electron chi connectivity index (χ4n) is 1.82. The predicted octanol–water partition coefficient (Wildman–Crippen LogP) is 2.14. The lowest BCUT2D eigenvalue weighted by Crippen LogP contribution is -2.10. The van der Waals surface area contributed by atoms with Gasteiger partial charge in [0.25, 0.3) is 0 Å². The summed E-state index contributed by atoms with van der Waals surface area (Å²) in [6, 6.07) is 2.20. The minimum absolute atomic E-state index is 0.502. The van der Waals surface area contributed by atoms with Gasteiger partial charge in [0, 0.05) is 11.9 Å². The van der Waals surface area contributed by atoms with E-state index in [-0.39, 0.29) is 0 Å². The molecule has 1 aliphatic carbocycles. The molecule has 1 nitrogen and oxygen atoms in total. The van der Waals surface area contributed by atoms with Crippen molar-refractivity contribution >= 4 is 0 Å². The third-order valence-corrected chi connectivity index (χ3v) is 2.25. The Hall–Kier alpha value is -0.720. The molecule has 10 heavy (non-hydrogen) atoms. The minimum Gasteiger partial charge on any atom is -0.365 e. The molecular formula is C9H13N. The topological polar surface area (TPSA) is 15.8 Å². The van der Waals surface area contributed by atoms with Crippen LogP contribution in [-0.2, 0) is 12.8 Å². The van der Waals surface area contributed by atoms with E-state index in [1.807, 2.05) is 6.20 Å². The van der Waals surface area contributed by atoms with Crippen LogP contribution >= 0.6 is 0 Å². The fourth-order valence-corrected chi connectivity index (χ4v) is 1.82. The Labute approximate surface area is 61.5 Å². The number of hydrogen-bond donors (Lipinski definition) is 1. The highest BCUT2D eigenvalue weighted by atomic mass is 14.7. The van der Waals surface area contributed by atoms with Gasteiger partial charge in [-0.2, -0.15) is 0 Å². The van der Waals surface area contributed by atoms with Crippen molar-refractivity contribution in [2.75, 3.05) is 0 Å². The van der Waals surface area contributed by atoms with Gasteiger partial charge < -0.3 is 4.98 Å². The average molecular weight is 135 g/mol. The largest absolute Gasteiger partial charge is 0.365 e. The highest BCUT2D eigenvalue weighted by molar-refractivity contribution is 5.28. The molecule has 1 N–H and O–H groups in total. The summed E-state index contributed by atoms with van der Waals surface area (Å²) < 4.78 is 0. The minimum atomic E-state index is 0.502. The zero-order chi connectivity index (χ0) is 7.19. The summed E-state index contributed by atoms with van der Waals surface area (Å²) in [6.45, 7) is 4.64. The molecule has 1 aliphatic rings. The number of hydrogen-bond acceptors (Lipinski definition) is 0. The van der Waals surface area contributed by atoms with E-state index in [4.69, 9.17) is 0 Å². The zero-order valence-corrected chi connectivity index (χ0v) is 6.57. The van der Waals surface area contributed by atoms with Crippen LogP contribution in [0, 0.1) is 5.41 Å². The molecule has 0 atom stereocenters. The summed E-state index contributed by atoms with van der Waals surface area (Å²) >= 11 is 0. The lowest BCUT2D eigenvalue weighted by Gasteiger charge is -2.14. The van der Waals surface area contributed by atoms with Crippen molar-refractivity contribution in [3.05, 3.63) is 23.5 Å². The van der Waals surface area contributed by atoms with Crippen LogP contribution in [0.5, 0.6) is 0 Å². The summed E-state index contributed by atoms with van der Waals surface area (Å²) in [4.78, 5) is 3.27. The van der Waals surface area contributed by atoms with Crippen molar-refractivity contribution in [2.45, 2.75) is 26.7 Å². The van der Waals surface area contributed by atoms with Gasteiger partial charge in [0.15, 0.2) is 0 Å². The van der Waals surface area contributed by atoms with E-state index in [2.05, 4.69) is 24.9 Å². The van der Waals surface area contributed by atoms with Crippen LogP contribution in [0.1, 0.15) is 25.1 Å². The fraction of sp³-hybridized carbons (Fsp3) is 0.556. The van der Waals surface area contributed by atoms with Crippen LogP contribution in [0.25, 0.3) is 0 Å². The van der Waals surface area contributed by atoms with Crippen LogP contribution in [0.4, 0.5) is 0 Å². The molecule has 54 valence electrons. The van der Waals surface area contributed by atoms with E-state index >= 15 is 0 Å². The molecule has 0 saturated carbocycles. The molecule has 2 rings (SSSR count). The van der Waals surface area contributed by atoms with E-state index in [1.165, 1.54) is 24.1 Å². The molecule has 0 amide bonds. The summed E-state index contributed by atoms with van der Waals surface area (Å²) in [7, 11) is 0. The molecule has 0 saturated heterocycles. The summed E-state index contributed by atoms with van der Waals surface area (Å²) in [5.41, 5.74) is 3.47. The summed E-state index contributed by atoms with van der Waals surface area (Å²) in [6.07, 6.45) is 4.50. The van der Waals surface area contributed by atoms with Gasteiger partial charge in [-0.15, -0.1) is 0 Å². The molecular weight excluding hydrogens is 122 g/mol. The Bertz CT molecular complexity index is 222. The van der Waals surface area contributed by atoms with Crippen molar-refractivity contribution in [3.8, 4) is 0 Å². The lowest BCUT2D eigenvalue weighted by molar-refractivity contribution is 0.389. The number of aromatic nitrogens is 1. The SMILES string of the molecule is CC1(C)Cc2cc[nH]c2C1. The predicted molar refractivity (Wildman–Crippen MR) is 42.0 cm³/mol. The second-order valence-corrected chi connectivity index (χ2v) is 4.00. The Kier molecular flexibility index (Phi) is 0.997. The van der Waals surface area contributed by atoms with Crippen LogP contribution in [0.15, 0.2) is 12.3 Å². The van der Waals surface area contributed by atoms with Crippen molar-refractivity contribution in [3.63, 3.8) is 0 Å². The Balaban J connectivity index is 2.37. The molecule has 0 aromatic carbocycles. The first kappa shape index (κ1) is 6.02. The second kappa shape index (κ2) is 1.66. The number of rotatable bonds is 0. The number of fused-ring (bicyclic) bond motifs is 1. The third kappa shape index (κ3) is 0.772. The molecule has 1 aromatic heterocycles. The van der Waals surface area contributed by atoms with Crippen LogP contribution in [0.3, 0.4) is 0 Å². The smallest absolute Gasteiger partial charge is 0.0185 e. The Morgan fingerprint density at radius 1 is 1.40 bits per heavy atom. The molecule has 0 bridgehead atoms. The van der Waals surface area contributed by atoms with Crippen molar-refractivity contribution in [1.82, 2.24) is 4.98 Å². The van der Waals surface area contributed by atoms with Gasteiger partial charge in [-0.1, -0.05) is 13.8 Å². The van der Waals surface area contributed by atoms with Gasteiger partial charge >= 0.3 is 0 Å². The van der Waals surface area contributed by atoms with E-state index < -0.39 is 0 Å². The first-order chi connectivity index (χ1) is 4.67. The third-order valence-electron chi connectivity index (χ3n) is 2.25.